The molecule has 1 amide bonds. The van der Waals surface area contributed by atoms with Crippen LogP contribution < -0.4 is 16.6 Å². The number of anilines is 2. The molecule has 104 valence electrons. The summed E-state index contributed by atoms with van der Waals surface area (Å²) in [6.45, 7) is 1.62. The molecule has 2 rings (SSSR count). The first-order chi connectivity index (χ1) is 9.49. The molecule has 0 saturated heterocycles. The van der Waals surface area contributed by atoms with E-state index in [4.69, 9.17) is 17.4 Å². The van der Waals surface area contributed by atoms with Crippen LogP contribution in [0.2, 0.25) is 5.15 Å². The second-order valence-electron chi connectivity index (χ2n) is 4.13. The van der Waals surface area contributed by atoms with Gasteiger partial charge in [-0.3, -0.25) is 4.79 Å². The normalized spacial score (nSPS) is 10.2. The third-order valence-electron chi connectivity index (χ3n) is 2.62. The minimum absolute atomic E-state index is 0.140. The Labute approximate surface area is 119 Å². The highest BCUT2D eigenvalue weighted by molar-refractivity contribution is 6.30. The van der Waals surface area contributed by atoms with E-state index in [0.29, 0.717) is 16.8 Å². The number of carbonyl (C=O) groups excluding carboxylic acids is 1. The summed E-state index contributed by atoms with van der Waals surface area (Å²) in [6.07, 6.45) is 0. The van der Waals surface area contributed by atoms with Crippen LogP contribution in [0.3, 0.4) is 0 Å². The first kappa shape index (κ1) is 14.2. The lowest BCUT2D eigenvalue weighted by Crippen LogP contribution is -2.14. The highest BCUT2D eigenvalue weighted by Gasteiger charge is 2.10. The van der Waals surface area contributed by atoms with Crippen LogP contribution in [0, 0.1) is 12.7 Å². The van der Waals surface area contributed by atoms with Crippen LogP contribution in [-0.4, -0.2) is 10.9 Å². The Morgan fingerprint density at radius 2 is 2.10 bits per heavy atom. The number of rotatable bonds is 3. The second-order valence-corrected chi connectivity index (χ2v) is 4.51. The molecular formula is C13H12ClFN4O. The standard InChI is InChI=1S/C13H12ClFN4O/c1-7-4-9(2-3-10(7)15)17-13(20)8-5-11(14)18-12(6-8)19-16/h2-6H,16H2,1H3,(H,17,20)(H,18,19). The van der Waals surface area contributed by atoms with Gasteiger partial charge in [-0.15, -0.1) is 0 Å². The fourth-order valence-electron chi connectivity index (χ4n) is 1.63. The number of nitrogen functional groups attached to an aromatic ring is 1. The van der Waals surface area contributed by atoms with E-state index in [1.807, 2.05) is 0 Å². The number of aromatic nitrogens is 1. The average molecular weight is 295 g/mol. The molecule has 0 atom stereocenters. The van der Waals surface area contributed by atoms with Gasteiger partial charge in [0.2, 0.25) is 0 Å². The molecule has 0 fully saturated rings. The van der Waals surface area contributed by atoms with E-state index in [-0.39, 0.29) is 16.8 Å². The van der Waals surface area contributed by atoms with Gasteiger partial charge in [0, 0.05) is 11.3 Å². The van der Waals surface area contributed by atoms with Gasteiger partial charge in [-0.05, 0) is 42.8 Å². The smallest absolute Gasteiger partial charge is 0.255 e. The molecule has 0 spiro atoms. The van der Waals surface area contributed by atoms with Gasteiger partial charge in [-0.2, -0.15) is 0 Å². The predicted octanol–water partition coefficient (Wildman–Crippen LogP) is 2.72. The summed E-state index contributed by atoms with van der Waals surface area (Å²) in [5.41, 5.74) is 3.54. The van der Waals surface area contributed by atoms with Gasteiger partial charge in [0.25, 0.3) is 5.91 Å². The maximum absolute atomic E-state index is 13.2. The topological polar surface area (TPSA) is 80.0 Å². The minimum atomic E-state index is -0.392. The van der Waals surface area contributed by atoms with E-state index in [1.54, 1.807) is 6.92 Å². The third kappa shape index (κ3) is 3.23. The molecule has 0 aliphatic carbocycles. The van der Waals surface area contributed by atoms with Gasteiger partial charge >= 0.3 is 0 Å². The van der Waals surface area contributed by atoms with Crippen molar-refractivity contribution in [3.8, 4) is 0 Å². The SMILES string of the molecule is Cc1cc(NC(=O)c2cc(Cl)nc(NN)c2)ccc1F. The van der Waals surface area contributed by atoms with Crippen molar-refractivity contribution in [1.29, 1.82) is 0 Å². The molecule has 0 radical (unpaired) electrons. The number of benzene rings is 1. The molecule has 0 saturated carbocycles. The average Bonchev–Trinajstić information content (AvgIpc) is 2.42. The lowest BCUT2D eigenvalue weighted by Gasteiger charge is -2.08. The quantitative estimate of drug-likeness (QED) is 0.462. The summed E-state index contributed by atoms with van der Waals surface area (Å²) in [5.74, 6) is 4.79. The monoisotopic (exact) mass is 294 g/mol. The highest BCUT2D eigenvalue weighted by atomic mass is 35.5. The Hall–Kier alpha value is -2.18. The number of pyridine rings is 1. The molecule has 1 heterocycles. The van der Waals surface area contributed by atoms with E-state index in [2.05, 4.69) is 15.7 Å². The maximum Gasteiger partial charge on any atom is 0.255 e. The number of hydrogen-bond acceptors (Lipinski definition) is 4. The van der Waals surface area contributed by atoms with Gasteiger partial charge < -0.3 is 10.7 Å². The number of halogens is 2. The van der Waals surface area contributed by atoms with E-state index >= 15 is 0 Å². The first-order valence-electron chi connectivity index (χ1n) is 5.71. The molecular weight excluding hydrogens is 283 g/mol. The second kappa shape index (κ2) is 5.85. The molecule has 1 aromatic heterocycles. The number of hydrogen-bond donors (Lipinski definition) is 3. The van der Waals surface area contributed by atoms with Crippen molar-refractivity contribution in [3.05, 3.63) is 52.4 Å². The number of nitrogens with zero attached hydrogens (tertiary/aromatic N) is 1. The van der Waals surface area contributed by atoms with E-state index < -0.39 is 5.91 Å². The summed E-state index contributed by atoms with van der Waals surface area (Å²) >= 11 is 5.79. The number of hydrazine groups is 1. The molecule has 2 aromatic rings. The number of carbonyl (C=O) groups is 1. The van der Waals surface area contributed by atoms with Gasteiger partial charge in [0.1, 0.15) is 16.8 Å². The molecule has 0 unspecified atom stereocenters. The molecule has 0 bridgehead atoms. The van der Waals surface area contributed by atoms with Crippen molar-refractivity contribution >= 4 is 29.0 Å². The van der Waals surface area contributed by atoms with Crippen LogP contribution in [0.15, 0.2) is 30.3 Å². The zero-order chi connectivity index (χ0) is 14.7. The van der Waals surface area contributed by atoms with Crippen molar-refractivity contribution in [3.63, 3.8) is 0 Å². The lowest BCUT2D eigenvalue weighted by molar-refractivity contribution is 0.102. The number of nitrogens with one attached hydrogen (secondary N) is 2. The van der Waals surface area contributed by atoms with Crippen molar-refractivity contribution < 1.29 is 9.18 Å². The molecule has 0 aliphatic rings. The Morgan fingerprint density at radius 1 is 1.35 bits per heavy atom. The van der Waals surface area contributed by atoms with Crippen LogP contribution in [0.4, 0.5) is 15.9 Å². The molecule has 4 N–H and O–H groups in total. The van der Waals surface area contributed by atoms with Gasteiger partial charge in [0.15, 0.2) is 0 Å². The summed E-state index contributed by atoms with van der Waals surface area (Å²) in [7, 11) is 0. The number of amides is 1. The van der Waals surface area contributed by atoms with Gasteiger partial charge in [-0.1, -0.05) is 11.6 Å². The zero-order valence-corrected chi connectivity index (χ0v) is 11.3. The van der Waals surface area contributed by atoms with Crippen molar-refractivity contribution in [2.75, 3.05) is 10.7 Å². The number of aryl methyl sites for hydroxylation is 1. The molecule has 1 aromatic carbocycles. The van der Waals surface area contributed by atoms with Crippen LogP contribution in [-0.2, 0) is 0 Å². The predicted molar refractivity (Wildman–Crippen MR) is 76.1 cm³/mol. The van der Waals surface area contributed by atoms with E-state index in [9.17, 15) is 9.18 Å². The van der Waals surface area contributed by atoms with Crippen molar-refractivity contribution in [2.24, 2.45) is 5.84 Å². The van der Waals surface area contributed by atoms with Gasteiger partial charge in [-0.25, -0.2) is 15.2 Å². The molecule has 20 heavy (non-hydrogen) atoms. The largest absolute Gasteiger partial charge is 0.322 e. The van der Waals surface area contributed by atoms with Crippen LogP contribution in [0.1, 0.15) is 15.9 Å². The maximum atomic E-state index is 13.2. The Kier molecular flexibility index (Phi) is 4.16. The minimum Gasteiger partial charge on any atom is -0.322 e. The Balaban J connectivity index is 2.23. The van der Waals surface area contributed by atoms with Crippen LogP contribution >= 0.6 is 11.6 Å². The van der Waals surface area contributed by atoms with Gasteiger partial charge in [0.05, 0.1) is 0 Å². The summed E-state index contributed by atoms with van der Waals surface area (Å²) in [5, 5.41) is 2.78. The third-order valence-corrected chi connectivity index (χ3v) is 2.81. The first-order valence-corrected chi connectivity index (χ1v) is 6.09. The fourth-order valence-corrected chi connectivity index (χ4v) is 1.84. The van der Waals surface area contributed by atoms with E-state index in [0.717, 1.165) is 0 Å². The molecule has 5 nitrogen and oxygen atoms in total. The van der Waals surface area contributed by atoms with Crippen LogP contribution in [0.25, 0.3) is 0 Å². The lowest BCUT2D eigenvalue weighted by atomic mass is 10.2. The highest BCUT2D eigenvalue weighted by Crippen LogP contribution is 2.17. The van der Waals surface area contributed by atoms with Crippen molar-refractivity contribution in [2.45, 2.75) is 6.92 Å². The zero-order valence-electron chi connectivity index (χ0n) is 10.6. The molecule has 7 heteroatoms. The summed E-state index contributed by atoms with van der Waals surface area (Å²) < 4.78 is 13.2. The molecule has 0 aliphatic heterocycles. The Morgan fingerprint density at radius 3 is 2.75 bits per heavy atom. The summed E-state index contributed by atoms with van der Waals surface area (Å²) in [4.78, 5) is 15.9. The van der Waals surface area contributed by atoms with Crippen molar-refractivity contribution in [1.82, 2.24) is 4.98 Å². The van der Waals surface area contributed by atoms with E-state index in [1.165, 1.54) is 30.3 Å². The Bertz CT molecular complexity index is 663. The van der Waals surface area contributed by atoms with Crippen LogP contribution in [0.5, 0.6) is 0 Å². The summed E-state index contributed by atoms with van der Waals surface area (Å²) in [6, 6.07) is 7.17. The number of nitrogens with two attached hydrogens (primary N) is 1. The fraction of sp³-hybridized carbons (Fsp3) is 0.0769.